The molecule has 2 rings (SSSR count). The SMILES string of the molecule is Cc1cc(Cl)cc(C(O)Cc2cc(C)ccc2C)c1. The van der Waals surface area contributed by atoms with E-state index in [1.54, 1.807) is 0 Å². The fraction of sp³-hybridized carbons (Fsp3) is 0.294. The lowest BCUT2D eigenvalue weighted by atomic mass is 9.96. The van der Waals surface area contributed by atoms with Crippen molar-refractivity contribution < 1.29 is 5.11 Å². The number of hydrogen-bond donors (Lipinski definition) is 1. The van der Waals surface area contributed by atoms with E-state index in [4.69, 9.17) is 11.6 Å². The molecule has 19 heavy (non-hydrogen) atoms. The lowest BCUT2D eigenvalue weighted by molar-refractivity contribution is 0.178. The molecular formula is C17H19ClO. The molecule has 0 bridgehead atoms. The topological polar surface area (TPSA) is 20.2 Å². The first kappa shape index (κ1) is 14.1. The maximum atomic E-state index is 10.4. The number of benzene rings is 2. The van der Waals surface area contributed by atoms with Crippen LogP contribution in [0.1, 0.15) is 33.9 Å². The number of hydrogen-bond acceptors (Lipinski definition) is 1. The van der Waals surface area contributed by atoms with Crippen LogP contribution in [-0.4, -0.2) is 5.11 Å². The number of rotatable bonds is 3. The van der Waals surface area contributed by atoms with Gasteiger partial charge in [-0.05, 0) is 55.2 Å². The first-order valence-electron chi connectivity index (χ1n) is 6.47. The van der Waals surface area contributed by atoms with Gasteiger partial charge < -0.3 is 5.11 Å². The molecule has 100 valence electrons. The Kier molecular flexibility index (Phi) is 4.28. The molecule has 0 aliphatic heterocycles. The zero-order valence-corrected chi connectivity index (χ0v) is 12.3. The Morgan fingerprint density at radius 2 is 1.74 bits per heavy atom. The summed E-state index contributed by atoms with van der Waals surface area (Å²) in [4.78, 5) is 0. The van der Waals surface area contributed by atoms with Gasteiger partial charge in [0, 0.05) is 11.4 Å². The van der Waals surface area contributed by atoms with Crippen molar-refractivity contribution in [1.82, 2.24) is 0 Å². The smallest absolute Gasteiger partial charge is 0.0831 e. The van der Waals surface area contributed by atoms with E-state index in [0.717, 1.165) is 11.1 Å². The van der Waals surface area contributed by atoms with Crippen LogP contribution in [0, 0.1) is 20.8 Å². The molecular weight excluding hydrogens is 256 g/mol. The van der Waals surface area contributed by atoms with E-state index in [1.165, 1.54) is 16.7 Å². The summed E-state index contributed by atoms with van der Waals surface area (Å²) < 4.78 is 0. The van der Waals surface area contributed by atoms with E-state index in [0.29, 0.717) is 11.4 Å². The number of aliphatic hydroxyl groups is 1. The van der Waals surface area contributed by atoms with Crippen LogP contribution in [0.25, 0.3) is 0 Å². The van der Waals surface area contributed by atoms with Crippen LogP contribution in [0.3, 0.4) is 0 Å². The molecule has 2 heteroatoms. The molecule has 0 radical (unpaired) electrons. The van der Waals surface area contributed by atoms with Gasteiger partial charge in [0.25, 0.3) is 0 Å². The van der Waals surface area contributed by atoms with Gasteiger partial charge in [0.2, 0.25) is 0 Å². The highest BCUT2D eigenvalue weighted by Crippen LogP contribution is 2.24. The maximum Gasteiger partial charge on any atom is 0.0831 e. The number of aliphatic hydroxyl groups excluding tert-OH is 1. The van der Waals surface area contributed by atoms with Gasteiger partial charge in [0.05, 0.1) is 6.10 Å². The van der Waals surface area contributed by atoms with E-state index in [9.17, 15) is 5.11 Å². The molecule has 0 spiro atoms. The fourth-order valence-electron chi connectivity index (χ4n) is 2.30. The number of aryl methyl sites for hydroxylation is 3. The van der Waals surface area contributed by atoms with Gasteiger partial charge in [-0.3, -0.25) is 0 Å². The Hall–Kier alpha value is -1.31. The van der Waals surface area contributed by atoms with Gasteiger partial charge >= 0.3 is 0 Å². The molecule has 0 heterocycles. The van der Waals surface area contributed by atoms with Gasteiger partial charge in [0.15, 0.2) is 0 Å². The normalized spacial score (nSPS) is 12.5. The molecule has 2 aromatic carbocycles. The lowest BCUT2D eigenvalue weighted by Crippen LogP contribution is -2.04. The van der Waals surface area contributed by atoms with Crippen LogP contribution >= 0.6 is 11.6 Å². The van der Waals surface area contributed by atoms with Crippen molar-refractivity contribution in [2.45, 2.75) is 33.3 Å². The Balaban J connectivity index is 2.25. The highest BCUT2D eigenvalue weighted by Gasteiger charge is 2.11. The summed E-state index contributed by atoms with van der Waals surface area (Å²) in [6.45, 7) is 6.13. The molecule has 0 aliphatic rings. The van der Waals surface area contributed by atoms with Crippen LogP contribution < -0.4 is 0 Å². The average molecular weight is 275 g/mol. The van der Waals surface area contributed by atoms with E-state index in [2.05, 4.69) is 32.0 Å². The summed E-state index contributed by atoms with van der Waals surface area (Å²) in [5, 5.41) is 11.1. The van der Waals surface area contributed by atoms with Gasteiger partial charge in [0.1, 0.15) is 0 Å². The van der Waals surface area contributed by atoms with E-state index in [1.807, 2.05) is 25.1 Å². The molecule has 0 aromatic heterocycles. The third kappa shape index (κ3) is 3.59. The third-order valence-corrected chi connectivity index (χ3v) is 3.59. The molecule has 2 aromatic rings. The van der Waals surface area contributed by atoms with Crippen molar-refractivity contribution in [3.05, 3.63) is 69.2 Å². The molecule has 1 N–H and O–H groups in total. The quantitative estimate of drug-likeness (QED) is 0.871. The summed E-state index contributed by atoms with van der Waals surface area (Å²) in [6.07, 6.45) is 0.103. The second kappa shape index (κ2) is 5.77. The lowest BCUT2D eigenvalue weighted by Gasteiger charge is -2.14. The summed E-state index contributed by atoms with van der Waals surface area (Å²) in [6, 6.07) is 12.0. The Bertz CT molecular complexity index is 570. The van der Waals surface area contributed by atoms with Crippen molar-refractivity contribution in [3.63, 3.8) is 0 Å². The van der Waals surface area contributed by atoms with Crippen molar-refractivity contribution in [2.24, 2.45) is 0 Å². The van der Waals surface area contributed by atoms with E-state index < -0.39 is 6.10 Å². The van der Waals surface area contributed by atoms with Crippen LogP contribution in [0.15, 0.2) is 36.4 Å². The summed E-state index contributed by atoms with van der Waals surface area (Å²) in [7, 11) is 0. The molecule has 0 aliphatic carbocycles. The van der Waals surface area contributed by atoms with Gasteiger partial charge in [-0.2, -0.15) is 0 Å². The molecule has 1 nitrogen and oxygen atoms in total. The highest BCUT2D eigenvalue weighted by molar-refractivity contribution is 6.30. The standard InChI is InChI=1S/C17H19ClO/c1-11-4-5-13(3)14(6-11)10-17(19)15-7-12(2)8-16(18)9-15/h4-9,17,19H,10H2,1-3H3. The maximum absolute atomic E-state index is 10.4. The monoisotopic (exact) mass is 274 g/mol. The van der Waals surface area contributed by atoms with Crippen molar-refractivity contribution in [3.8, 4) is 0 Å². The van der Waals surface area contributed by atoms with Crippen molar-refractivity contribution >= 4 is 11.6 Å². The second-order valence-electron chi connectivity index (χ2n) is 5.21. The zero-order valence-electron chi connectivity index (χ0n) is 11.6. The predicted octanol–water partition coefficient (Wildman–Crippen LogP) is 4.54. The minimum Gasteiger partial charge on any atom is -0.388 e. The van der Waals surface area contributed by atoms with E-state index >= 15 is 0 Å². The molecule has 0 amide bonds. The number of halogens is 1. The largest absolute Gasteiger partial charge is 0.388 e. The van der Waals surface area contributed by atoms with Gasteiger partial charge in [-0.25, -0.2) is 0 Å². The Morgan fingerprint density at radius 3 is 2.42 bits per heavy atom. The minimum atomic E-state index is -0.516. The molecule has 1 atom stereocenters. The average Bonchev–Trinajstić information content (AvgIpc) is 2.32. The van der Waals surface area contributed by atoms with Crippen molar-refractivity contribution in [2.75, 3.05) is 0 Å². The molecule has 0 saturated carbocycles. The Morgan fingerprint density at radius 1 is 1.00 bits per heavy atom. The summed E-state index contributed by atoms with van der Waals surface area (Å²) in [5.41, 5.74) is 5.57. The summed E-state index contributed by atoms with van der Waals surface area (Å²) in [5.74, 6) is 0. The minimum absolute atomic E-state index is 0.516. The van der Waals surface area contributed by atoms with Gasteiger partial charge in [-0.15, -0.1) is 0 Å². The third-order valence-electron chi connectivity index (χ3n) is 3.37. The van der Waals surface area contributed by atoms with Crippen LogP contribution in [0.2, 0.25) is 5.02 Å². The second-order valence-corrected chi connectivity index (χ2v) is 5.65. The Labute approximate surface area is 119 Å². The first-order chi connectivity index (χ1) is 8.95. The molecule has 0 fully saturated rings. The van der Waals surface area contributed by atoms with Crippen LogP contribution in [0.5, 0.6) is 0 Å². The first-order valence-corrected chi connectivity index (χ1v) is 6.85. The van der Waals surface area contributed by atoms with Gasteiger partial charge in [-0.1, -0.05) is 41.4 Å². The fourth-order valence-corrected chi connectivity index (χ4v) is 2.60. The molecule has 0 saturated heterocycles. The highest BCUT2D eigenvalue weighted by atomic mass is 35.5. The predicted molar refractivity (Wildman–Crippen MR) is 80.8 cm³/mol. The zero-order chi connectivity index (χ0) is 14.0. The summed E-state index contributed by atoms with van der Waals surface area (Å²) >= 11 is 6.04. The van der Waals surface area contributed by atoms with Crippen LogP contribution in [-0.2, 0) is 6.42 Å². The van der Waals surface area contributed by atoms with Crippen molar-refractivity contribution in [1.29, 1.82) is 0 Å². The molecule has 1 unspecified atom stereocenters. The van der Waals surface area contributed by atoms with Crippen LogP contribution in [0.4, 0.5) is 0 Å². The van der Waals surface area contributed by atoms with E-state index in [-0.39, 0.29) is 0 Å².